The van der Waals surface area contributed by atoms with E-state index in [1.807, 2.05) is 11.9 Å². The molecule has 0 fully saturated rings. The zero-order chi connectivity index (χ0) is 15.3. The molecule has 3 aromatic rings. The highest BCUT2D eigenvalue weighted by Gasteiger charge is 2.27. The number of quaternary nitrogens is 1. The maximum atomic E-state index is 9.25. The molecule has 4 heterocycles. The molecule has 3 aromatic heterocycles. The molecular weight excluding hydrogens is 302 g/mol. The van der Waals surface area contributed by atoms with E-state index in [2.05, 4.69) is 27.6 Å². The normalized spacial score (nSPS) is 18.0. The van der Waals surface area contributed by atoms with Crippen molar-refractivity contribution in [3.8, 4) is 0 Å². The van der Waals surface area contributed by atoms with Gasteiger partial charge in [-0.3, -0.25) is 0 Å². The monoisotopic (exact) mass is 320 g/mol. The van der Waals surface area contributed by atoms with Crippen LogP contribution in [-0.4, -0.2) is 63.9 Å². The highest BCUT2D eigenvalue weighted by molar-refractivity contribution is 7.19. The smallest absolute Gasteiger partial charge is 0.276 e. The van der Waals surface area contributed by atoms with Gasteiger partial charge >= 0.3 is 0 Å². The van der Waals surface area contributed by atoms with Gasteiger partial charge in [0.1, 0.15) is 17.2 Å². The number of aliphatic hydroxyl groups is 1. The summed E-state index contributed by atoms with van der Waals surface area (Å²) in [7, 11) is 4.17. The van der Waals surface area contributed by atoms with Gasteiger partial charge in [-0.25, -0.2) is 0 Å². The number of aliphatic hydroxyl groups excluding tert-OH is 1. The van der Waals surface area contributed by atoms with Crippen LogP contribution in [0.25, 0.3) is 16.0 Å². The number of thiophene rings is 1. The first-order valence-corrected chi connectivity index (χ1v) is 8.16. The Labute approximate surface area is 131 Å². The zero-order valence-corrected chi connectivity index (χ0v) is 13.4. The third-order valence-electron chi connectivity index (χ3n) is 4.21. The van der Waals surface area contributed by atoms with Crippen molar-refractivity contribution in [1.82, 2.24) is 25.0 Å². The standard InChI is InChI=1S/C13H17N7OS/c1-18-4-3-8-9(7-18)22-12-10(8)11(19(2)5-6-21)14-13-15-16-17-20(12)13/h21H,3-7H2,1-2H3/p+1. The van der Waals surface area contributed by atoms with Gasteiger partial charge < -0.3 is 14.9 Å². The molecule has 0 spiro atoms. The lowest BCUT2D eigenvalue weighted by Crippen LogP contribution is -3.08. The molecule has 0 aromatic carbocycles. The number of aromatic nitrogens is 5. The van der Waals surface area contributed by atoms with Crippen LogP contribution in [0, 0.1) is 0 Å². The van der Waals surface area contributed by atoms with Crippen molar-refractivity contribution in [2.45, 2.75) is 13.0 Å². The van der Waals surface area contributed by atoms with E-state index in [9.17, 15) is 5.11 Å². The van der Waals surface area contributed by atoms with Gasteiger partial charge in [0.15, 0.2) is 0 Å². The van der Waals surface area contributed by atoms with E-state index in [0.717, 1.165) is 35.5 Å². The molecule has 0 saturated carbocycles. The molecule has 0 aliphatic carbocycles. The number of nitrogens with one attached hydrogen (secondary N) is 1. The fourth-order valence-corrected chi connectivity index (χ4v) is 4.45. The molecule has 0 radical (unpaired) electrons. The molecule has 1 atom stereocenters. The molecule has 116 valence electrons. The SMILES string of the molecule is CN(CCO)c1nc2nnnn2c2sc3c(c12)CC[NH+](C)C3. The fourth-order valence-electron chi connectivity index (χ4n) is 3.05. The highest BCUT2D eigenvalue weighted by Crippen LogP contribution is 2.37. The molecule has 1 unspecified atom stereocenters. The van der Waals surface area contributed by atoms with Crippen molar-refractivity contribution in [3.05, 3.63) is 10.4 Å². The Bertz CT molecular complexity index is 842. The van der Waals surface area contributed by atoms with Crippen LogP contribution in [0.5, 0.6) is 0 Å². The van der Waals surface area contributed by atoms with E-state index in [4.69, 9.17) is 0 Å². The van der Waals surface area contributed by atoms with Gasteiger partial charge in [0.05, 0.1) is 30.5 Å². The Kier molecular flexibility index (Phi) is 3.21. The minimum absolute atomic E-state index is 0.0923. The van der Waals surface area contributed by atoms with E-state index < -0.39 is 0 Å². The second-order valence-corrected chi connectivity index (χ2v) is 6.87. The topological polar surface area (TPSA) is 83.9 Å². The van der Waals surface area contributed by atoms with Gasteiger partial charge in [-0.15, -0.1) is 11.3 Å². The summed E-state index contributed by atoms with van der Waals surface area (Å²) in [6.45, 7) is 2.78. The summed E-state index contributed by atoms with van der Waals surface area (Å²) in [4.78, 5) is 10.6. The van der Waals surface area contributed by atoms with Gasteiger partial charge in [-0.2, -0.15) is 9.50 Å². The molecule has 0 amide bonds. The fraction of sp³-hybridized carbons (Fsp3) is 0.538. The van der Waals surface area contributed by atoms with E-state index in [0.29, 0.717) is 12.3 Å². The highest BCUT2D eigenvalue weighted by atomic mass is 32.1. The molecule has 0 saturated heterocycles. The summed E-state index contributed by atoms with van der Waals surface area (Å²) in [5.41, 5.74) is 1.37. The summed E-state index contributed by atoms with van der Waals surface area (Å²) in [6, 6.07) is 0. The van der Waals surface area contributed by atoms with Crippen LogP contribution in [0.15, 0.2) is 0 Å². The van der Waals surface area contributed by atoms with Crippen LogP contribution >= 0.6 is 11.3 Å². The first-order chi connectivity index (χ1) is 10.7. The van der Waals surface area contributed by atoms with Crippen LogP contribution in [0.2, 0.25) is 0 Å². The minimum atomic E-state index is 0.0923. The first kappa shape index (κ1) is 13.8. The number of anilines is 1. The molecule has 8 nitrogen and oxygen atoms in total. The van der Waals surface area contributed by atoms with Crippen LogP contribution < -0.4 is 9.80 Å². The molecule has 1 aliphatic rings. The number of fused-ring (bicyclic) bond motifs is 5. The van der Waals surface area contributed by atoms with Crippen molar-refractivity contribution >= 4 is 33.1 Å². The van der Waals surface area contributed by atoms with E-state index >= 15 is 0 Å². The first-order valence-electron chi connectivity index (χ1n) is 7.34. The Hall–Kier alpha value is -1.84. The average Bonchev–Trinajstić information content (AvgIpc) is 3.09. The van der Waals surface area contributed by atoms with Crippen molar-refractivity contribution in [1.29, 1.82) is 0 Å². The Morgan fingerprint density at radius 1 is 1.45 bits per heavy atom. The van der Waals surface area contributed by atoms with Gasteiger partial charge in [0, 0.05) is 20.0 Å². The molecule has 1 aliphatic heterocycles. The van der Waals surface area contributed by atoms with E-state index in [-0.39, 0.29) is 6.61 Å². The van der Waals surface area contributed by atoms with Crippen LogP contribution in [-0.2, 0) is 13.0 Å². The quantitative estimate of drug-likeness (QED) is 0.626. The van der Waals surface area contributed by atoms with Gasteiger partial charge in [0.25, 0.3) is 5.78 Å². The Balaban J connectivity index is 2.03. The molecular formula is C13H18N7OS+. The van der Waals surface area contributed by atoms with E-state index in [1.165, 1.54) is 15.3 Å². The van der Waals surface area contributed by atoms with Crippen LogP contribution in [0.4, 0.5) is 5.82 Å². The number of hydrogen-bond donors (Lipinski definition) is 2. The van der Waals surface area contributed by atoms with Crippen molar-refractivity contribution < 1.29 is 10.0 Å². The lowest BCUT2D eigenvalue weighted by atomic mass is 10.1. The third kappa shape index (κ3) is 1.97. The molecule has 4 rings (SSSR count). The molecule has 0 bridgehead atoms. The molecule has 2 N–H and O–H groups in total. The molecule has 9 heteroatoms. The van der Waals surface area contributed by atoms with Gasteiger partial charge in [0.2, 0.25) is 0 Å². The van der Waals surface area contributed by atoms with Gasteiger partial charge in [-0.1, -0.05) is 5.10 Å². The van der Waals surface area contributed by atoms with Crippen molar-refractivity contribution in [3.63, 3.8) is 0 Å². The van der Waals surface area contributed by atoms with E-state index in [1.54, 1.807) is 15.9 Å². The maximum Gasteiger partial charge on any atom is 0.276 e. The zero-order valence-electron chi connectivity index (χ0n) is 12.6. The Morgan fingerprint density at radius 3 is 3.14 bits per heavy atom. The lowest BCUT2D eigenvalue weighted by molar-refractivity contribution is -0.895. The maximum absolute atomic E-state index is 9.25. The van der Waals surface area contributed by atoms with Crippen LogP contribution in [0.1, 0.15) is 10.4 Å². The summed E-state index contributed by atoms with van der Waals surface area (Å²) < 4.78 is 1.73. The summed E-state index contributed by atoms with van der Waals surface area (Å²) in [6.07, 6.45) is 1.04. The summed E-state index contributed by atoms with van der Waals surface area (Å²) >= 11 is 1.76. The summed E-state index contributed by atoms with van der Waals surface area (Å²) in [5.74, 6) is 1.37. The third-order valence-corrected chi connectivity index (χ3v) is 5.42. The number of tetrazole rings is 1. The lowest BCUT2D eigenvalue weighted by Gasteiger charge is -2.21. The van der Waals surface area contributed by atoms with Crippen molar-refractivity contribution in [2.24, 2.45) is 0 Å². The minimum Gasteiger partial charge on any atom is -0.395 e. The van der Waals surface area contributed by atoms with Gasteiger partial charge in [-0.05, 0) is 16.0 Å². The summed E-state index contributed by atoms with van der Waals surface area (Å²) in [5, 5.41) is 22.2. The average molecular weight is 320 g/mol. The predicted molar refractivity (Wildman–Crippen MR) is 83.5 cm³/mol. The second kappa shape index (κ2) is 5.11. The number of likely N-dealkylation sites (N-methyl/N-ethyl adjacent to an activating group) is 2. The largest absolute Gasteiger partial charge is 0.395 e. The Morgan fingerprint density at radius 2 is 2.32 bits per heavy atom. The van der Waals surface area contributed by atoms with Crippen LogP contribution in [0.3, 0.4) is 0 Å². The molecule has 22 heavy (non-hydrogen) atoms. The number of nitrogens with zero attached hydrogens (tertiary/aromatic N) is 6. The number of rotatable bonds is 3. The second-order valence-electron chi connectivity index (χ2n) is 5.79. The number of hydrogen-bond acceptors (Lipinski definition) is 7. The van der Waals surface area contributed by atoms with Crippen molar-refractivity contribution in [2.75, 3.05) is 38.7 Å². The predicted octanol–water partition coefficient (Wildman–Crippen LogP) is -1.27.